The monoisotopic (exact) mass is 345 g/mol. The van der Waals surface area contributed by atoms with E-state index in [0.29, 0.717) is 23.2 Å². The van der Waals surface area contributed by atoms with Crippen LogP contribution in [0.25, 0.3) is 10.1 Å². The molecule has 0 saturated heterocycles. The number of rotatable bonds is 6. The molecule has 0 aliphatic carbocycles. The molecule has 0 radical (unpaired) electrons. The number of halogens is 2. The van der Waals surface area contributed by atoms with Crippen molar-refractivity contribution in [1.82, 2.24) is 5.32 Å². The van der Waals surface area contributed by atoms with Crippen LogP contribution in [0, 0.1) is 5.82 Å². The van der Waals surface area contributed by atoms with E-state index in [1.165, 1.54) is 25.3 Å². The number of carbonyl (C=O) groups excluding carboxylic acids is 2. The van der Waals surface area contributed by atoms with E-state index in [0.717, 1.165) is 11.3 Å². The Balaban J connectivity index is 2.01. The van der Waals surface area contributed by atoms with Gasteiger partial charge in [0, 0.05) is 23.7 Å². The minimum Gasteiger partial charge on any atom is -0.451 e. The van der Waals surface area contributed by atoms with Gasteiger partial charge in [-0.05, 0) is 18.2 Å². The standard InChI is InChI=1S/C14H13ClFNO4S/c1-20-5-4-17-11(18)7-21-14(19)13-12(15)9-3-2-8(16)6-10(9)22-13/h2-3,6H,4-5,7H2,1H3,(H,17,18). The van der Waals surface area contributed by atoms with E-state index in [9.17, 15) is 14.0 Å². The summed E-state index contributed by atoms with van der Waals surface area (Å²) in [6.45, 7) is 0.282. The van der Waals surface area contributed by atoms with Crippen LogP contribution in [0.5, 0.6) is 0 Å². The van der Waals surface area contributed by atoms with Gasteiger partial charge in [-0.3, -0.25) is 4.79 Å². The zero-order chi connectivity index (χ0) is 16.1. The van der Waals surface area contributed by atoms with Crippen LogP contribution >= 0.6 is 22.9 Å². The van der Waals surface area contributed by atoms with E-state index in [-0.39, 0.29) is 9.90 Å². The maximum Gasteiger partial charge on any atom is 0.350 e. The molecule has 2 rings (SSSR count). The second-order valence-corrected chi connectivity index (χ2v) is 5.73. The van der Waals surface area contributed by atoms with Crippen molar-refractivity contribution in [3.63, 3.8) is 0 Å². The van der Waals surface area contributed by atoms with Gasteiger partial charge in [0.25, 0.3) is 5.91 Å². The van der Waals surface area contributed by atoms with Crippen molar-refractivity contribution >= 4 is 44.9 Å². The Kier molecular flexibility index (Phi) is 5.70. The Bertz CT molecular complexity index is 703. The third kappa shape index (κ3) is 3.94. The molecule has 0 atom stereocenters. The zero-order valence-electron chi connectivity index (χ0n) is 11.7. The highest BCUT2D eigenvalue weighted by molar-refractivity contribution is 7.21. The van der Waals surface area contributed by atoms with E-state index >= 15 is 0 Å². The van der Waals surface area contributed by atoms with Crippen LogP contribution in [0.2, 0.25) is 5.02 Å². The fraction of sp³-hybridized carbons (Fsp3) is 0.286. The molecule has 8 heteroatoms. The highest BCUT2D eigenvalue weighted by Gasteiger charge is 2.19. The second kappa shape index (κ2) is 7.53. The van der Waals surface area contributed by atoms with Gasteiger partial charge >= 0.3 is 5.97 Å². The van der Waals surface area contributed by atoms with Gasteiger partial charge in [-0.1, -0.05) is 11.6 Å². The fourth-order valence-electron chi connectivity index (χ4n) is 1.71. The average Bonchev–Trinajstić information content (AvgIpc) is 2.81. The summed E-state index contributed by atoms with van der Waals surface area (Å²) < 4.78 is 23.4. The maximum absolute atomic E-state index is 13.2. The van der Waals surface area contributed by atoms with Crippen molar-refractivity contribution in [1.29, 1.82) is 0 Å². The number of benzene rings is 1. The summed E-state index contributed by atoms with van der Waals surface area (Å²) in [5.74, 6) is -1.56. The number of fused-ring (bicyclic) bond motifs is 1. The summed E-state index contributed by atoms with van der Waals surface area (Å²) in [5.41, 5.74) is 0. The molecule has 5 nitrogen and oxygen atoms in total. The van der Waals surface area contributed by atoms with E-state index < -0.39 is 24.3 Å². The molecule has 2 aromatic rings. The SMILES string of the molecule is COCCNC(=O)COC(=O)c1sc2cc(F)ccc2c1Cl. The Labute approximate surface area is 135 Å². The first-order valence-electron chi connectivity index (χ1n) is 6.33. The van der Waals surface area contributed by atoms with E-state index in [2.05, 4.69) is 5.32 Å². The Morgan fingerprint density at radius 2 is 2.18 bits per heavy atom. The molecule has 22 heavy (non-hydrogen) atoms. The van der Waals surface area contributed by atoms with Gasteiger partial charge in [0.1, 0.15) is 10.7 Å². The molecule has 0 saturated carbocycles. The van der Waals surface area contributed by atoms with Crippen LogP contribution in [-0.4, -0.2) is 38.7 Å². The zero-order valence-corrected chi connectivity index (χ0v) is 13.2. The van der Waals surface area contributed by atoms with E-state index in [1.54, 1.807) is 0 Å². The lowest BCUT2D eigenvalue weighted by Gasteiger charge is -2.05. The van der Waals surface area contributed by atoms with Crippen LogP contribution in [-0.2, 0) is 14.3 Å². The molecule has 118 valence electrons. The van der Waals surface area contributed by atoms with Crippen LogP contribution in [0.3, 0.4) is 0 Å². The van der Waals surface area contributed by atoms with Crippen LogP contribution in [0.4, 0.5) is 4.39 Å². The first-order chi connectivity index (χ1) is 10.5. The number of carbonyl (C=O) groups is 2. The summed E-state index contributed by atoms with van der Waals surface area (Å²) in [6.07, 6.45) is 0. The number of hydrogen-bond acceptors (Lipinski definition) is 5. The molecule has 0 bridgehead atoms. The van der Waals surface area contributed by atoms with Crippen LogP contribution < -0.4 is 5.32 Å². The van der Waals surface area contributed by atoms with E-state index in [4.69, 9.17) is 21.1 Å². The van der Waals surface area contributed by atoms with Gasteiger partial charge in [0.15, 0.2) is 6.61 Å². The first-order valence-corrected chi connectivity index (χ1v) is 7.52. The topological polar surface area (TPSA) is 64.6 Å². The summed E-state index contributed by atoms with van der Waals surface area (Å²) in [4.78, 5) is 23.5. The van der Waals surface area contributed by atoms with Crippen molar-refractivity contribution in [3.8, 4) is 0 Å². The maximum atomic E-state index is 13.2. The van der Waals surface area contributed by atoms with Crippen LogP contribution in [0.15, 0.2) is 18.2 Å². The van der Waals surface area contributed by atoms with Crippen molar-refractivity contribution < 1.29 is 23.5 Å². The van der Waals surface area contributed by atoms with Crippen molar-refractivity contribution in [3.05, 3.63) is 33.9 Å². The molecular formula is C14H13ClFNO4S. The molecular weight excluding hydrogens is 333 g/mol. The molecule has 0 fully saturated rings. The first kappa shape index (κ1) is 16.7. The Morgan fingerprint density at radius 3 is 2.91 bits per heavy atom. The van der Waals surface area contributed by atoms with Crippen LogP contribution in [0.1, 0.15) is 9.67 Å². The van der Waals surface area contributed by atoms with Crippen molar-refractivity contribution in [2.24, 2.45) is 0 Å². The smallest absolute Gasteiger partial charge is 0.350 e. The lowest BCUT2D eigenvalue weighted by Crippen LogP contribution is -2.31. The number of nitrogens with one attached hydrogen (secondary N) is 1. The quantitative estimate of drug-likeness (QED) is 0.645. The van der Waals surface area contributed by atoms with Gasteiger partial charge in [-0.2, -0.15) is 0 Å². The Morgan fingerprint density at radius 1 is 1.41 bits per heavy atom. The molecule has 0 aliphatic rings. The van der Waals surface area contributed by atoms with Gasteiger partial charge in [0.05, 0.1) is 11.6 Å². The Hall–Kier alpha value is -1.70. The lowest BCUT2D eigenvalue weighted by molar-refractivity contribution is -0.124. The summed E-state index contributed by atoms with van der Waals surface area (Å²) >= 11 is 7.11. The molecule has 1 heterocycles. The molecule has 1 N–H and O–H groups in total. The van der Waals surface area contributed by atoms with Gasteiger partial charge in [0.2, 0.25) is 0 Å². The predicted molar refractivity (Wildman–Crippen MR) is 82.0 cm³/mol. The molecule has 1 amide bonds. The fourth-order valence-corrected chi connectivity index (χ4v) is 3.14. The average molecular weight is 346 g/mol. The number of thiophene rings is 1. The number of amides is 1. The highest BCUT2D eigenvalue weighted by Crippen LogP contribution is 2.36. The molecule has 0 aliphatic heterocycles. The molecule has 1 aromatic carbocycles. The number of esters is 1. The normalized spacial score (nSPS) is 10.7. The van der Waals surface area contributed by atoms with Gasteiger partial charge < -0.3 is 14.8 Å². The van der Waals surface area contributed by atoms with Gasteiger partial charge in [-0.25, -0.2) is 9.18 Å². The lowest BCUT2D eigenvalue weighted by atomic mass is 10.2. The second-order valence-electron chi connectivity index (χ2n) is 4.30. The minimum atomic E-state index is -0.714. The largest absolute Gasteiger partial charge is 0.451 e. The summed E-state index contributed by atoms with van der Waals surface area (Å²) in [7, 11) is 1.51. The molecule has 0 spiro atoms. The summed E-state index contributed by atoms with van der Waals surface area (Å²) in [5, 5.41) is 3.29. The summed E-state index contributed by atoms with van der Waals surface area (Å²) in [6, 6.07) is 4.05. The third-order valence-corrected chi connectivity index (χ3v) is 4.38. The third-order valence-electron chi connectivity index (χ3n) is 2.74. The van der Waals surface area contributed by atoms with Crippen molar-refractivity contribution in [2.75, 3.05) is 26.9 Å². The van der Waals surface area contributed by atoms with E-state index in [1.807, 2.05) is 0 Å². The number of hydrogen-bond donors (Lipinski definition) is 1. The van der Waals surface area contributed by atoms with Gasteiger partial charge in [-0.15, -0.1) is 11.3 Å². The minimum absolute atomic E-state index is 0.145. The number of methoxy groups -OCH3 is 1. The van der Waals surface area contributed by atoms with Crippen molar-refractivity contribution in [2.45, 2.75) is 0 Å². The highest BCUT2D eigenvalue weighted by atomic mass is 35.5. The molecule has 1 aromatic heterocycles. The molecule has 0 unspecified atom stereocenters. The number of ether oxygens (including phenoxy) is 2. The predicted octanol–water partition coefficient (Wildman–Crippen LogP) is 2.61.